The van der Waals surface area contributed by atoms with Crippen LogP contribution in [0.1, 0.15) is 28.3 Å². The van der Waals surface area contributed by atoms with Crippen LogP contribution < -0.4 is 10.8 Å². The van der Waals surface area contributed by atoms with Crippen LogP contribution >= 0.6 is 11.5 Å². The van der Waals surface area contributed by atoms with Gasteiger partial charge in [-0.3, -0.25) is 14.8 Å². The summed E-state index contributed by atoms with van der Waals surface area (Å²) in [5.41, 5.74) is 2.13. The number of hydrogen-bond acceptors (Lipinski definition) is 6. The summed E-state index contributed by atoms with van der Waals surface area (Å²) >= 11 is 0.968. The molecule has 0 fully saturated rings. The van der Waals surface area contributed by atoms with E-state index in [1.165, 1.54) is 11.5 Å². The van der Waals surface area contributed by atoms with Gasteiger partial charge < -0.3 is 10.2 Å². The summed E-state index contributed by atoms with van der Waals surface area (Å²) in [6, 6.07) is 1.26. The van der Waals surface area contributed by atoms with E-state index >= 15 is 0 Å². The lowest BCUT2D eigenvalue weighted by atomic mass is 10.2. The molecule has 3 N–H and O–H groups in total. The molecule has 2 amide bonds. The van der Waals surface area contributed by atoms with E-state index in [1.807, 2.05) is 0 Å². The highest BCUT2D eigenvalue weighted by molar-refractivity contribution is 7.08. The average Bonchev–Trinajstić information content (AvgIpc) is 2.75. The molecule has 0 aliphatic rings. The summed E-state index contributed by atoms with van der Waals surface area (Å²) in [4.78, 5) is 24.7. The highest BCUT2D eigenvalue weighted by Crippen LogP contribution is 2.16. The predicted octanol–water partition coefficient (Wildman–Crippen LogP) is 0.000900. The van der Waals surface area contributed by atoms with Crippen LogP contribution in [0.3, 0.4) is 0 Å². The maximum Gasteiger partial charge on any atom is 0.286 e. The summed E-state index contributed by atoms with van der Waals surface area (Å²) in [6.07, 6.45) is 0. The van der Waals surface area contributed by atoms with Crippen LogP contribution in [0.2, 0.25) is 0 Å². The number of rotatable bonds is 5. The second kappa shape index (κ2) is 6.43. The van der Waals surface area contributed by atoms with Gasteiger partial charge in [0, 0.05) is 0 Å². The van der Waals surface area contributed by atoms with Crippen molar-refractivity contribution in [1.29, 1.82) is 0 Å². The van der Waals surface area contributed by atoms with Crippen molar-refractivity contribution >= 4 is 23.3 Å². The fraction of sp³-hybridized carbons (Fsp3) is 0.500. The number of nitrogens with zero attached hydrogens (tertiary/aromatic N) is 2. The van der Waals surface area contributed by atoms with Gasteiger partial charge in [-0.15, -0.1) is 0 Å². The van der Waals surface area contributed by atoms with Gasteiger partial charge in [-0.1, -0.05) is 0 Å². The average molecular weight is 272 g/mol. The summed E-state index contributed by atoms with van der Waals surface area (Å²) in [7, 11) is 3.60. The molecule has 1 atom stereocenters. The smallest absolute Gasteiger partial charge is 0.286 e. The molecular formula is C10H16N4O3S. The monoisotopic (exact) mass is 272 g/mol. The lowest BCUT2D eigenvalue weighted by Gasteiger charge is -2.14. The molecule has 1 aromatic heterocycles. The minimum Gasteiger partial charge on any atom is -0.347 e. The second-order valence-corrected chi connectivity index (χ2v) is 4.89. The molecule has 0 unspecified atom stereocenters. The van der Waals surface area contributed by atoms with Gasteiger partial charge >= 0.3 is 0 Å². The quantitative estimate of drug-likeness (QED) is 0.518. The molecule has 0 saturated heterocycles. The Morgan fingerprint density at radius 2 is 2.22 bits per heavy atom. The third-order valence-electron chi connectivity index (χ3n) is 2.13. The molecule has 7 nitrogen and oxygen atoms in total. The summed E-state index contributed by atoms with van der Waals surface area (Å²) in [5, 5.41) is 11.3. The van der Waals surface area contributed by atoms with Crippen molar-refractivity contribution in [2.75, 3.05) is 20.6 Å². The molecule has 0 spiro atoms. The van der Waals surface area contributed by atoms with E-state index in [0.717, 1.165) is 11.5 Å². The van der Waals surface area contributed by atoms with Gasteiger partial charge in [-0.05, 0) is 38.6 Å². The van der Waals surface area contributed by atoms with E-state index in [1.54, 1.807) is 25.9 Å². The van der Waals surface area contributed by atoms with Crippen LogP contribution in [0, 0.1) is 0 Å². The topological polar surface area (TPSA) is 94.6 Å². The number of nitrogens with one attached hydrogen (secondary N) is 2. The summed E-state index contributed by atoms with van der Waals surface area (Å²) in [6.45, 7) is 2.07. The van der Waals surface area contributed by atoms with E-state index in [9.17, 15) is 9.59 Å². The number of amides is 2. The minimum absolute atomic E-state index is 0.117. The third-order valence-corrected chi connectivity index (χ3v) is 2.94. The first-order valence-corrected chi connectivity index (χ1v) is 6.06. The minimum atomic E-state index is -0.606. The van der Waals surface area contributed by atoms with Gasteiger partial charge in [0.1, 0.15) is 4.88 Å². The lowest BCUT2D eigenvalue weighted by Crippen LogP contribution is -2.34. The van der Waals surface area contributed by atoms with Crippen LogP contribution in [0.15, 0.2) is 6.07 Å². The van der Waals surface area contributed by atoms with Crippen molar-refractivity contribution in [3.8, 4) is 0 Å². The zero-order chi connectivity index (χ0) is 13.7. The van der Waals surface area contributed by atoms with Gasteiger partial charge in [0.15, 0.2) is 0 Å². The zero-order valence-corrected chi connectivity index (χ0v) is 11.2. The molecule has 0 radical (unpaired) electrons. The largest absolute Gasteiger partial charge is 0.347 e. The maximum atomic E-state index is 11.5. The molecule has 1 rings (SSSR count). The number of likely N-dealkylation sites (N-methyl/N-ethyl adjacent to an activating group) is 1. The van der Waals surface area contributed by atoms with Crippen molar-refractivity contribution in [3.05, 3.63) is 16.6 Å². The first kappa shape index (κ1) is 14.6. The lowest BCUT2D eigenvalue weighted by molar-refractivity contribution is -0.122. The number of carbonyl (C=O) groups is 2. The normalized spacial score (nSPS) is 12.3. The summed E-state index contributed by atoms with van der Waals surface area (Å²) in [5.74, 6) is -0.723. The zero-order valence-electron chi connectivity index (χ0n) is 10.4. The molecule has 18 heavy (non-hydrogen) atoms. The number of hydroxylamine groups is 1. The fourth-order valence-corrected chi connectivity index (χ4v) is 2.02. The maximum absolute atomic E-state index is 11.5. The van der Waals surface area contributed by atoms with Crippen molar-refractivity contribution in [2.45, 2.75) is 13.0 Å². The predicted molar refractivity (Wildman–Crippen MR) is 66.5 cm³/mol. The van der Waals surface area contributed by atoms with Gasteiger partial charge in [0.2, 0.25) is 5.91 Å². The van der Waals surface area contributed by atoms with Crippen molar-refractivity contribution < 1.29 is 14.8 Å². The highest BCUT2D eigenvalue weighted by atomic mass is 32.1. The Bertz CT molecular complexity index is 433. The molecule has 0 aliphatic heterocycles. The molecular weight excluding hydrogens is 256 g/mol. The van der Waals surface area contributed by atoms with Crippen LogP contribution in [0.25, 0.3) is 0 Å². The highest BCUT2D eigenvalue weighted by Gasteiger charge is 2.16. The van der Waals surface area contributed by atoms with E-state index in [4.69, 9.17) is 5.21 Å². The van der Waals surface area contributed by atoms with Crippen molar-refractivity contribution in [2.24, 2.45) is 0 Å². The van der Waals surface area contributed by atoms with Crippen molar-refractivity contribution in [1.82, 2.24) is 20.1 Å². The van der Waals surface area contributed by atoms with E-state index < -0.39 is 5.91 Å². The van der Waals surface area contributed by atoms with E-state index in [0.29, 0.717) is 17.1 Å². The Hall–Kier alpha value is -1.51. The first-order valence-electron chi connectivity index (χ1n) is 5.29. The Morgan fingerprint density at radius 1 is 1.56 bits per heavy atom. The van der Waals surface area contributed by atoms with E-state index in [-0.39, 0.29) is 11.9 Å². The van der Waals surface area contributed by atoms with Gasteiger partial charge in [-0.2, -0.15) is 4.37 Å². The molecule has 0 saturated carbocycles. The molecule has 8 heteroatoms. The fourth-order valence-electron chi connectivity index (χ4n) is 1.30. The molecule has 0 aliphatic carbocycles. The van der Waals surface area contributed by atoms with Gasteiger partial charge in [0.05, 0.1) is 18.3 Å². The molecule has 1 aromatic rings. The third kappa shape index (κ3) is 4.06. The second-order valence-electron chi connectivity index (χ2n) is 4.08. The summed E-state index contributed by atoms with van der Waals surface area (Å²) < 4.78 is 4.06. The van der Waals surface area contributed by atoms with E-state index in [2.05, 4.69) is 9.69 Å². The SMILES string of the molecule is C[C@H](NC(=O)CN(C)C)c1cc(C(=O)NO)sn1. The van der Waals surface area contributed by atoms with Crippen molar-refractivity contribution in [3.63, 3.8) is 0 Å². The molecule has 0 aromatic carbocycles. The van der Waals surface area contributed by atoms with Crippen LogP contribution in [0.4, 0.5) is 0 Å². The van der Waals surface area contributed by atoms with Crippen LogP contribution in [0.5, 0.6) is 0 Å². The molecule has 0 bridgehead atoms. The van der Waals surface area contributed by atoms with Crippen LogP contribution in [-0.2, 0) is 4.79 Å². The Kier molecular flexibility index (Phi) is 5.20. The molecule has 1 heterocycles. The number of hydrogen-bond donors (Lipinski definition) is 3. The number of carbonyl (C=O) groups excluding carboxylic acids is 2. The Balaban J connectivity index is 2.61. The van der Waals surface area contributed by atoms with Crippen LogP contribution in [-0.4, -0.2) is 46.9 Å². The number of aromatic nitrogens is 1. The Morgan fingerprint density at radius 3 is 2.78 bits per heavy atom. The van der Waals surface area contributed by atoms with Gasteiger partial charge in [-0.25, -0.2) is 5.48 Å². The standard InChI is InChI=1S/C10H16N4O3S/c1-6(11-9(15)5-14(2)3)7-4-8(18-13-7)10(16)12-17/h4,6,17H,5H2,1-3H3,(H,11,15)(H,12,16)/t6-/m0/s1. The first-order chi connectivity index (χ1) is 8.43. The Labute approximate surface area is 109 Å². The van der Waals surface area contributed by atoms with Gasteiger partial charge in [0.25, 0.3) is 5.91 Å². The molecule has 100 valence electrons.